The highest BCUT2D eigenvalue weighted by Gasteiger charge is 2.39. The first-order chi connectivity index (χ1) is 9.16. The average molecular weight is 256 g/mol. The van der Waals surface area contributed by atoms with Crippen LogP contribution in [0, 0.1) is 0 Å². The van der Waals surface area contributed by atoms with Crippen molar-refractivity contribution in [3.8, 4) is 0 Å². The van der Waals surface area contributed by atoms with E-state index >= 15 is 0 Å². The molecule has 2 aromatic carbocycles. The van der Waals surface area contributed by atoms with E-state index in [-0.39, 0.29) is 6.42 Å². The molecule has 0 aliphatic heterocycles. The zero-order chi connectivity index (χ0) is 13.7. The predicted octanol–water partition coefficient (Wildman–Crippen LogP) is 2.29. The molecule has 0 saturated heterocycles. The predicted molar refractivity (Wildman–Crippen MR) is 72.5 cm³/mol. The maximum atomic E-state index is 12.0. The maximum Gasteiger partial charge on any atom is 0.342 e. The largest absolute Gasteiger partial charge is 0.467 e. The van der Waals surface area contributed by atoms with E-state index in [9.17, 15) is 9.90 Å². The van der Waals surface area contributed by atoms with Crippen LogP contribution < -0.4 is 0 Å². The van der Waals surface area contributed by atoms with Crippen LogP contribution in [0.3, 0.4) is 0 Å². The first-order valence-electron chi connectivity index (χ1n) is 6.07. The fourth-order valence-corrected chi connectivity index (χ4v) is 2.07. The molecule has 1 unspecified atom stereocenters. The second-order valence-corrected chi connectivity index (χ2v) is 4.38. The number of carbonyl (C=O) groups is 1. The Hall–Kier alpha value is -2.13. The lowest BCUT2D eigenvalue weighted by Gasteiger charge is -2.25. The van der Waals surface area contributed by atoms with Crippen molar-refractivity contribution in [2.24, 2.45) is 0 Å². The van der Waals surface area contributed by atoms with Gasteiger partial charge in [-0.3, -0.25) is 0 Å². The smallest absolute Gasteiger partial charge is 0.342 e. The van der Waals surface area contributed by atoms with Gasteiger partial charge in [0.2, 0.25) is 0 Å². The number of rotatable bonds is 4. The Morgan fingerprint density at radius 2 is 1.58 bits per heavy atom. The number of hydrogen-bond acceptors (Lipinski definition) is 3. The van der Waals surface area contributed by atoms with E-state index in [1.165, 1.54) is 7.11 Å². The van der Waals surface area contributed by atoms with Crippen LogP contribution in [0.5, 0.6) is 0 Å². The van der Waals surface area contributed by atoms with Gasteiger partial charge in [0.05, 0.1) is 7.11 Å². The van der Waals surface area contributed by atoms with Crippen LogP contribution in [0.2, 0.25) is 0 Å². The van der Waals surface area contributed by atoms with E-state index in [4.69, 9.17) is 4.74 Å². The van der Waals surface area contributed by atoms with E-state index in [1.807, 2.05) is 36.4 Å². The van der Waals surface area contributed by atoms with Crippen molar-refractivity contribution in [2.75, 3.05) is 7.11 Å². The third-order valence-corrected chi connectivity index (χ3v) is 3.08. The SMILES string of the molecule is COC(=O)C(O)(Cc1ccccc1)c1ccccc1. The van der Waals surface area contributed by atoms with Gasteiger partial charge >= 0.3 is 5.97 Å². The minimum Gasteiger partial charge on any atom is -0.467 e. The molecule has 3 nitrogen and oxygen atoms in total. The highest BCUT2D eigenvalue weighted by atomic mass is 16.5. The van der Waals surface area contributed by atoms with Crippen LogP contribution in [0.4, 0.5) is 0 Å². The Morgan fingerprint density at radius 3 is 2.11 bits per heavy atom. The zero-order valence-electron chi connectivity index (χ0n) is 10.7. The number of methoxy groups -OCH3 is 1. The summed E-state index contributed by atoms with van der Waals surface area (Å²) in [6.07, 6.45) is 0.185. The molecule has 0 aromatic heterocycles. The van der Waals surface area contributed by atoms with Gasteiger partial charge in [-0.25, -0.2) is 4.79 Å². The lowest BCUT2D eigenvalue weighted by Crippen LogP contribution is -2.39. The van der Waals surface area contributed by atoms with Crippen LogP contribution in [-0.4, -0.2) is 18.2 Å². The summed E-state index contributed by atoms with van der Waals surface area (Å²) in [6, 6.07) is 18.2. The molecule has 0 saturated carbocycles. The fraction of sp³-hybridized carbons (Fsp3) is 0.188. The van der Waals surface area contributed by atoms with Gasteiger partial charge in [-0.1, -0.05) is 60.7 Å². The first-order valence-corrected chi connectivity index (χ1v) is 6.07. The number of hydrogen-bond donors (Lipinski definition) is 1. The fourth-order valence-electron chi connectivity index (χ4n) is 2.07. The molecule has 2 rings (SSSR count). The molecule has 0 radical (unpaired) electrons. The summed E-state index contributed by atoms with van der Waals surface area (Å²) in [5.41, 5.74) is -0.248. The number of aliphatic hydroxyl groups is 1. The van der Waals surface area contributed by atoms with Gasteiger partial charge < -0.3 is 9.84 Å². The molecule has 0 aliphatic carbocycles. The molecular formula is C16H16O3. The van der Waals surface area contributed by atoms with Gasteiger partial charge in [0.1, 0.15) is 0 Å². The van der Waals surface area contributed by atoms with E-state index in [0.29, 0.717) is 5.56 Å². The van der Waals surface area contributed by atoms with Crippen LogP contribution in [-0.2, 0) is 21.6 Å². The van der Waals surface area contributed by atoms with Crippen LogP contribution in [0.1, 0.15) is 11.1 Å². The lowest BCUT2D eigenvalue weighted by atomic mass is 9.87. The summed E-state index contributed by atoms with van der Waals surface area (Å²) in [7, 11) is 1.28. The summed E-state index contributed by atoms with van der Waals surface area (Å²) in [5, 5.41) is 10.7. The minimum atomic E-state index is -1.66. The molecule has 1 atom stereocenters. The summed E-state index contributed by atoms with van der Waals surface area (Å²) in [4.78, 5) is 12.0. The quantitative estimate of drug-likeness (QED) is 0.854. The topological polar surface area (TPSA) is 46.5 Å². The van der Waals surface area contributed by atoms with Gasteiger partial charge in [0, 0.05) is 6.42 Å². The summed E-state index contributed by atoms with van der Waals surface area (Å²) < 4.78 is 4.75. The number of carbonyl (C=O) groups excluding carboxylic acids is 1. The maximum absolute atomic E-state index is 12.0. The molecule has 0 heterocycles. The van der Waals surface area contributed by atoms with Crippen molar-refractivity contribution in [3.63, 3.8) is 0 Å². The Kier molecular flexibility index (Phi) is 3.97. The van der Waals surface area contributed by atoms with Crippen LogP contribution in [0.15, 0.2) is 60.7 Å². The monoisotopic (exact) mass is 256 g/mol. The summed E-state index contributed by atoms with van der Waals surface area (Å²) >= 11 is 0. The van der Waals surface area contributed by atoms with Crippen molar-refractivity contribution in [1.82, 2.24) is 0 Å². The van der Waals surface area contributed by atoms with E-state index < -0.39 is 11.6 Å². The molecule has 0 amide bonds. The zero-order valence-corrected chi connectivity index (χ0v) is 10.7. The standard InChI is InChI=1S/C16H16O3/c1-19-15(17)16(18,14-10-6-3-7-11-14)12-13-8-4-2-5-9-13/h2-11,18H,12H2,1H3. The molecule has 0 spiro atoms. The molecule has 3 heteroatoms. The number of ether oxygens (including phenoxy) is 1. The third-order valence-electron chi connectivity index (χ3n) is 3.08. The Balaban J connectivity index is 2.39. The normalized spacial score (nSPS) is 13.6. The molecule has 0 aliphatic rings. The highest BCUT2D eigenvalue weighted by molar-refractivity contribution is 5.81. The Bertz CT molecular complexity index is 536. The second-order valence-electron chi connectivity index (χ2n) is 4.38. The Labute approximate surface area is 112 Å². The average Bonchev–Trinajstić information content (AvgIpc) is 2.48. The van der Waals surface area contributed by atoms with Crippen molar-refractivity contribution < 1.29 is 14.6 Å². The molecule has 2 aromatic rings. The molecule has 0 bridgehead atoms. The first kappa shape index (κ1) is 13.3. The van der Waals surface area contributed by atoms with E-state index in [1.54, 1.807) is 24.3 Å². The third kappa shape index (κ3) is 2.83. The lowest BCUT2D eigenvalue weighted by molar-refractivity contribution is -0.163. The molecule has 0 fully saturated rings. The summed E-state index contributed by atoms with van der Waals surface area (Å²) in [6.45, 7) is 0. The van der Waals surface area contributed by atoms with Crippen molar-refractivity contribution in [3.05, 3.63) is 71.8 Å². The van der Waals surface area contributed by atoms with Gasteiger partial charge in [-0.2, -0.15) is 0 Å². The van der Waals surface area contributed by atoms with Crippen molar-refractivity contribution >= 4 is 5.97 Å². The van der Waals surface area contributed by atoms with Crippen molar-refractivity contribution in [1.29, 1.82) is 0 Å². The molecule has 1 N–H and O–H groups in total. The molecular weight excluding hydrogens is 240 g/mol. The number of esters is 1. The van der Waals surface area contributed by atoms with Gasteiger partial charge in [0.15, 0.2) is 5.60 Å². The van der Waals surface area contributed by atoms with Crippen molar-refractivity contribution in [2.45, 2.75) is 12.0 Å². The summed E-state index contributed by atoms with van der Waals surface area (Å²) in [5.74, 6) is -0.650. The van der Waals surface area contributed by atoms with E-state index in [0.717, 1.165) is 5.56 Å². The molecule has 19 heavy (non-hydrogen) atoms. The second kappa shape index (κ2) is 5.67. The van der Waals surface area contributed by atoms with Crippen LogP contribution >= 0.6 is 0 Å². The molecule has 98 valence electrons. The van der Waals surface area contributed by atoms with Gasteiger partial charge in [0.25, 0.3) is 0 Å². The highest BCUT2D eigenvalue weighted by Crippen LogP contribution is 2.27. The van der Waals surface area contributed by atoms with Crippen LogP contribution in [0.25, 0.3) is 0 Å². The van der Waals surface area contributed by atoms with Gasteiger partial charge in [-0.15, -0.1) is 0 Å². The van der Waals surface area contributed by atoms with Gasteiger partial charge in [-0.05, 0) is 11.1 Å². The minimum absolute atomic E-state index is 0.185. The Morgan fingerprint density at radius 1 is 1.05 bits per heavy atom. The number of benzene rings is 2. The van der Waals surface area contributed by atoms with E-state index in [2.05, 4.69) is 0 Å².